The molecule has 2 aromatic rings. The van der Waals surface area contributed by atoms with Crippen LogP contribution in [-0.4, -0.2) is 16.4 Å². The van der Waals surface area contributed by atoms with Gasteiger partial charge in [0.25, 0.3) is 0 Å². The Morgan fingerprint density at radius 2 is 2.00 bits per heavy atom. The Hall–Kier alpha value is -2.18. The highest BCUT2D eigenvalue weighted by Crippen LogP contribution is 2.25. The summed E-state index contributed by atoms with van der Waals surface area (Å²) in [7, 11) is 0. The lowest BCUT2D eigenvalue weighted by Gasteiger charge is -2.14. The molecule has 94 valence electrons. The molecule has 0 bridgehead atoms. The monoisotopic (exact) mass is 249 g/mol. The normalized spacial score (nSPS) is 14.1. The Balaban J connectivity index is 1.67. The second kappa shape index (κ2) is 5.21. The highest BCUT2D eigenvalue weighted by atomic mass is 15.1. The third kappa shape index (κ3) is 2.49. The Bertz CT molecular complexity index is 614. The molecule has 19 heavy (non-hydrogen) atoms. The van der Waals surface area contributed by atoms with Crippen LogP contribution in [0.2, 0.25) is 0 Å². The largest absolute Gasteiger partial charge is 0.294 e. The molecule has 0 fully saturated rings. The fraction of sp³-hybridized carbons (Fsp3) is 0.250. The van der Waals surface area contributed by atoms with E-state index in [1.807, 2.05) is 24.5 Å². The standard InChI is InChI=1S/C16H15N3/c17-10-14-2-1-3-15-11-19(12-16(14)15)9-6-13-4-7-18-8-5-13/h1-5,7-8H,6,9,11-12H2. The number of hydrogen-bond acceptors (Lipinski definition) is 3. The lowest BCUT2D eigenvalue weighted by Crippen LogP contribution is -2.19. The van der Waals surface area contributed by atoms with Crippen molar-refractivity contribution >= 4 is 0 Å². The first-order chi connectivity index (χ1) is 9.36. The summed E-state index contributed by atoms with van der Waals surface area (Å²) in [6.07, 6.45) is 4.70. The minimum absolute atomic E-state index is 0.823. The minimum Gasteiger partial charge on any atom is -0.294 e. The first-order valence-corrected chi connectivity index (χ1v) is 6.49. The number of aromatic nitrogens is 1. The summed E-state index contributed by atoms with van der Waals surface area (Å²) in [5, 5.41) is 9.12. The molecule has 1 aliphatic heterocycles. The first kappa shape index (κ1) is 11.9. The molecule has 2 heterocycles. The first-order valence-electron chi connectivity index (χ1n) is 6.49. The molecule has 3 nitrogen and oxygen atoms in total. The molecular weight excluding hydrogens is 234 g/mol. The molecule has 3 heteroatoms. The molecule has 1 aliphatic rings. The highest BCUT2D eigenvalue weighted by Gasteiger charge is 2.20. The quantitative estimate of drug-likeness (QED) is 0.839. The van der Waals surface area contributed by atoms with Gasteiger partial charge in [-0.1, -0.05) is 12.1 Å². The molecule has 0 N–H and O–H groups in total. The van der Waals surface area contributed by atoms with Crippen LogP contribution >= 0.6 is 0 Å². The zero-order chi connectivity index (χ0) is 13.1. The van der Waals surface area contributed by atoms with E-state index in [4.69, 9.17) is 5.26 Å². The molecule has 0 radical (unpaired) electrons. The van der Waals surface area contributed by atoms with Gasteiger partial charge in [-0.3, -0.25) is 9.88 Å². The van der Waals surface area contributed by atoms with E-state index in [0.29, 0.717) is 0 Å². The third-order valence-electron chi connectivity index (χ3n) is 3.64. The smallest absolute Gasteiger partial charge is 0.0995 e. The second-order valence-electron chi connectivity index (χ2n) is 4.87. The number of pyridine rings is 1. The van der Waals surface area contributed by atoms with Gasteiger partial charge in [0.05, 0.1) is 11.6 Å². The van der Waals surface area contributed by atoms with Crippen molar-refractivity contribution in [2.24, 2.45) is 0 Å². The molecule has 0 atom stereocenters. The summed E-state index contributed by atoms with van der Waals surface area (Å²) in [4.78, 5) is 6.43. The van der Waals surface area contributed by atoms with Crippen LogP contribution in [0.1, 0.15) is 22.3 Å². The van der Waals surface area contributed by atoms with Crippen molar-refractivity contribution in [3.05, 3.63) is 65.0 Å². The van der Waals surface area contributed by atoms with E-state index in [-0.39, 0.29) is 0 Å². The van der Waals surface area contributed by atoms with E-state index >= 15 is 0 Å². The summed E-state index contributed by atoms with van der Waals surface area (Å²) in [6, 6.07) is 12.4. The Morgan fingerprint density at radius 1 is 1.16 bits per heavy atom. The van der Waals surface area contributed by atoms with Gasteiger partial charge in [-0.05, 0) is 41.3 Å². The lowest BCUT2D eigenvalue weighted by molar-refractivity contribution is 0.288. The maximum absolute atomic E-state index is 9.12. The molecule has 3 rings (SSSR count). The number of nitriles is 1. The molecule has 0 saturated heterocycles. The van der Waals surface area contributed by atoms with Crippen LogP contribution in [-0.2, 0) is 19.5 Å². The van der Waals surface area contributed by atoms with E-state index in [9.17, 15) is 0 Å². The molecule has 1 aromatic carbocycles. The zero-order valence-electron chi connectivity index (χ0n) is 10.7. The number of nitrogens with zero attached hydrogens (tertiary/aromatic N) is 3. The van der Waals surface area contributed by atoms with E-state index in [0.717, 1.165) is 31.6 Å². The Morgan fingerprint density at radius 3 is 2.79 bits per heavy atom. The second-order valence-corrected chi connectivity index (χ2v) is 4.87. The third-order valence-corrected chi connectivity index (χ3v) is 3.64. The topological polar surface area (TPSA) is 39.9 Å². The van der Waals surface area contributed by atoms with Crippen molar-refractivity contribution in [3.8, 4) is 6.07 Å². The van der Waals surface area contributed by atoms with Gasteiger partial charge in [-0.25, -0.2) is 0 Å². The molecule has 0 unspecified atom stereocenters. The minimum atomic E-state index is 0.823. The van der Waals surface area contributed by atoms with Gasteiger partial charge in [-0.15, -0.1) is 0 Å². The van der Waals surface area contributed by atoms with Crippen molar-refractivity contribution in [1.82, 2.24) is 9.88 Å². The summed E-state index contributed by atoms with van der Waals surface area (Å²) >= 11 is 0. The maximum Gasteiger partial charge on any atom is 0.0995 e. The number of rotatable bonds is 3. The number of hydrogen-bond donors (Lipinski definition) is 0. The molecule has 0 amide bonds. The fourth-order valence-electron chi connectivity index (χ4n) is 2.59. The van der Waals surface area contributed by atoms with Crippen molar-refractivity contribution in [2.75, 3.05) is 6.54 Å². The van der Waals surface area contributed by atoms with E-state index in [1.165, 1.54) is 16.7 Å². The summed E-state index contributed by atoms with van der Waals surface area (Å²) in [6.45, 7) is 2.86. The van der Waals surface area contributed by atoms with Gasteiger partial charge < -0.3 is 0 Å². The lowest BCUT2D eigenvalue weighted by atomic mass is 10.1. The summed E-state index contributed by atoms with van der Waals surface area (Å²) in [5.41, 5.74) is 4.64. The fourth-order valence-corrected chi connectivity index (χ4v) is 2.59. The molecule has 0 spiro atoms. The Labute approximate surface area is 113 Å². The van der Waals surface area contributed by atoms with Crippen LogP contribution in [0.15, 0.2) is 42.7 Å². The van der Waals surface area contributed by atoms with Crippen LogP contribution in [0, 0.1) is 11.3 Å². The predicted octanol–water partition coefficient (Wildman–Crippen LogP) is 2.51. The molecule has 1 aromatic heterocycles. The van der Waals surface area contributed by atoms with Gasteiger partial charge in [0.2, 0.25) is 0 Å². The summed E-state index contributed by atoms with van der Waals surface area (Å²) < 4.78 is 0. The van der Waals surface area contributed by atoms with E-state index < -0.39 is 0 Å². The highest BCUT2D eigenvalue weighted by molar-refractivity contribution is 5.44. The zero-order valence-corrected chi connectivity index (χ0v) is 10.7. The number of fused-ring (bicyclic) bond motifs is 1. The van der Waals surface area contributed by atoms with Crippen molar-refractivity contribution < 1.29 is 0 Å². The van der Waals surface area contributed by atoms with Gasteiger partial charge >= 0.3 is 0 Å². The van der Waals surface area contributed by atoms with Crippen LogP contribution in [0.3, 0.4) is 0 Å². The molecular formula is C16H15N3. The van der Waals surface area contributed by atoms with Crippen LogP contribution in [0.25, 0.3) is 0 Å². The average Bonchev–Trinajstić information content (AvgIpc) is 2.89. The van der Waals surface area contributed by atoms with Crippen molar-refractivity contribution in [3.63, 3.8) is 0 Å². The van der Waals surface area contributed by atoms with Crippen molar-refractivity contribution in [2.45, 2.75) is 19.5 Å². The molecule has 0 aliphatic carbocycles. The van der Waals surface area contributed by atoms with Gasteiger partial charge in [0.15, 0.2) is 0 Å². The van der Waals surface area contributed by atoms with E-state index in [1.54, 1.807) is 0 Å². The molecule has 0 saturated carbocycles. The van der Waals surface area contributed by atoms with Gasteiger partial charge in [-0.2, -0.15) is 5.26 Å². The van der Waals surface area contributed by atoms with Crippen LogP contribution < -0.4 is 0 Å². The predicted molar refractivity (Wildman–Crippen MR) is 73.2 cm³/mol. The Kier molecular flexibility index (Phi) is 3.26. The number of benzene rings is 1. The van der Waals surface area contributed by atoms with Crippen LogP contribution in [0.4, 0.5) is 0 Å². The average molecular weight is 249 g/mol. The SMILES string of the molecule is N#Cc1cccc2c1CN(CCc1ccncc1)C2. The van der Waals surface area contributed by atoms with Gasteiger partial charge in [0, 0.05) is 32.0 Å². The maximum atomic E-state index is 9.12. The van der Waals surface area contributed by atoms with Gasteiger partial charge in [0.1, 0.15) is 0 Å². The van der Waals surface area contributed by atoms with Crippen molar-refractivity contribution in [1.29, 1.82) is 5.26 Å². The van der Waals surface area contributed by atoms with E-state index in [2.05, 4.69) is 34.2 Å². The van der Waals surface area contributed by atoms with Crippen LogP contribution in [0.5, 0.6) is 0 Å². The summed E-state index contributed by atoms with van der Waals surface area (Å²) in [5.74, 6) is 0.